The molecule has 0 atom stereocenters. The van der Waals surface area contributed by atoms with Crippen LogP contribution in [0.25, 0.3) is 10.6 Å². The third-order valence-corrected chi connectivity index (χ3v) is 5.04. The summed E-state index contributed by atoms with van der Waals surface area (Å²) in [5, 5.41) is 1.16. The van der Waals surface area contributed by atoms with Crippen LogP contribution in [0.15, 0.2) is 28.7 Å². The molecule has 0 aliphatic heterocycles. The van der Waals surface area contributed by atoms with Crippen LogP contribution in [-0.2, 0) is 11.8 Å². The molecular formula is C14H14BrNS. The maximum absolute atomic E-state index is 4.85. The van der Waals surface area contributed by atoms with E-state index in [1.807, 2.05) is 11.3 Å². The van der Waals surface area contributed by atoms with Crippen molar-refractivity contribution in [2.75, 3.05) is 0 Å². The number of hydrogen-bond donors (Lipinski definition) is 0. The number of rotatable bonds is 1. The van der Waals surface area contributed by atoms with Crippen LogP contribution in [-0.4, -0.2) is 4.98 Å². The van der Waals surface area contributed by atoms with E-state index in [0.29, 0.717) is 0 Å². The predicted molar refractivity (Wildman–Crippen MR) is 76.6 cm³/mol. The molecule has 1 aromatic heterocycles. The first-order valence-corrected chi connectivity index (χ1v) is 7.43. The molecular weight excluding hydrogens is 294 g/mol. The van der Waals surface area contributed by atoms with Crippen LogP contribution in [0.2, 0.25) is 0 Å². The number of hydrogen-bond acceptors (Lipinski definition) is 2. The van der Waals surface area contributed by atoms with Crippen LogP contribution < -0.4 is 0 Å². The molecule has 0 saturated carbocycles. The van der Waals surface area contributed by atoms with E-state index in [1.54, 1.807) is 0 Å². The first-order chi connectivity index (χ1) is 8.06. The summed E-state index contributed by atoms with van der Waals surface area (Å²) < 4.78 is 1.12. The van der Waals surface area contributed by atoms with Gasteiger partial charge in [-0.05, 0) is 25.0 Å². The zero-order valence-corrected chi connectivity index (χ0v) is 12.4. The number of aromatic nitrogens is 1. The fourth-order valence-corrected chi connectivity index (χ4v) is 3.98. The van der Waals surface area contributed by atoms with Gasteiger partial charge in [0.25, 0.3) is 0 Å². The Bertz CT molecular complexity index is 571. The lowest BCUT2D eigenvalue weighted by Crippen LogP contribution is -2.12. The molecule has 3 rings (SSSR count). The van der Waals surface area contributed by atoms with Crippen molar-refractivity contribution in [3.8, 4) is 10.6 Å². The van der Waals surface area contributed by atoms with Gasteiger partial charge in [-0.2, -0.15) is 0 Å². The zero-order valence-electron chi connectivity index (χ0n) is 9.96. The zero-order chi connectivity index (χ0) is 12.0. The Morgan fingerprint density at radius 2 is 2.18 bits per heavy atom. The number of fused-ring (bicyclic) bond motifs is 1. The van der Waals surface area contributed by atoms with E-state index in [-0.39, 0.29) is 5.41 Å². The van der Waals surface area contributed by atoms with Crippen molar-refractivity contribution in [2.45, 2.75) is 32.1 Å². The van der Waals surface area contributed by atoms with Crippen LogP contribution in [0.5, 0.6) is 0 Å². The first kappa shape index (κ1) is 11.4. The van der Waals surface area contributed by atoms with Gasteiger partial charge in [0.15, 0.2) is 0 Å². The monoisotopic (exact) mass is 307 g/mol. The highest BCUT2D eigenvalue weighted by Crippen LogP contribution is 2.43. The molecule has 0 spiro atoms. The van der Waals surface area contributed by atoms with Gasteiger partial charge < -0.3 is 0 Å². The van der Waals surface area contributed by atoms with E-state index >= 15 is 0 Å². The topological polar surface area (TPSA) is 12.9 Å². The lowest BCUT2D eigenvalue weighted by Gasteiger charge is -2.15. The van der Waals surface area contributed by atoms with E-state index in [1.165, 1.54) is 29.0 Å². The predicted octanol–water partition coefficient (Wildman–Crippen LogP) is 4.80. The van der Waals surface area contributed by atoms with Gasteiger partial charge in [0, 0.05) is 20.3 Å². The number of halogens is 1. The Balaban J connectivity index is 2.07. The van der Waals surface area contributed by atoms with Gasteiger partial charge in [0.2, 0.25) is 0 Å². The SMILES string of the molecule is CC1(C)CCc2sc(-c3cccc(Br)c3)nc21. The lowest BCUT2D eigenvalue weighted by molar-refractivity contribution is 0.510. The Morgan fingerprint density at radius 3 is 2.88 bits per heavy atom. The highest BCUT2D eigenvalue weighted by Gasteiger charge is 2.33. The number of benzene rings is 1. The fraction of sp³-hybridized carbons (Fsp3) is 0.357. The maximum atomic E-state index is 4.85. The van der Waals surface area contributed by atoms with Crippen molar-refractivity contribution in [3.05, 3.63) is 39.3 Å². The molecule has 0 bridgehead atoms. The van der Waals surface area contributed by atoms with Crippen LogP contribution in [0, 0.1) is 0 Å². The van der Waals surface area contributed by atoms with Gasteiger partial charge in [-0.3, -0.25) is 0 Å². The summed E-state index contributed by atoms with van der Waals surface area (Å²) in [5.74, 6) is 0. The third kappa shape index (κ3) is 1.95. The molecule has 1 nitrogen and oxygen atoms in total. The summed E-state index contributed by atoms with van der Waals surface area (Å²) in [6.07, 6.45) is 2.42. The summed E-state index contributed by atoms with van der Waals surface area (Å²) >= 11 is 5.37. The minimum atomic E-state index is 0.260. The molecule has 3 heteroatoms. The van der Waals surface area contributed by atoms with Gasteiger partial charge in [-0.15, -0.1) is 11.3 Å². The molecule has 88 valence electrons. The first-order valence-electron chi connectivity index (χ1n) is 5.82. The van der Waals surface area contributed by atoms with E-state index in [9.17, 15) is 0 Å². The summed E-state index contributed by atoms with van der Waals surface area (Å²) in [5.41, 5.74) is 2.79. The minimum Gasteiger partial charge on any atom is -0.240 e. The van der Waals surface area contributed by atoms with E-state index in [2.05, 4.69) is 54.0 Å². The minimum absolute atomic E-state index is 0.260. The van der Waals surface area contributed by atoms with Gasteiger partial charge in [0.1, 0.15) is 5.01 Å². The summed E-state index contributed by atoms with van der Waals surface area (Å²) in [7, 11) is 0. The molecule has 1 aliphatic carbocycles. The molecule has 0 unspecified atom stereocenters. The molecule has 2 aromatic rings. The van der Waals surface area contributed by atoms with E-state index in [4.69, 9.17) is 4.98 Å². The summed E-state index contributed by atoms with van der Waals surface area (Å²) in [6, 6.07) is 8.39. The van der Waals surface area contributed by atoms with Gasteiger partial charge in [0.05, 0.1) is 5.69 Å². The molecule has 0 fully saturated rings. The molecule has 0 amide bonds. The largest absolute Gasteiger partial charge is 0.240 e. The Morgan fingerprint density at radius 1 is 1.35 bits per heavy atom. The van der Waals surface area contributed by atoms with Crippen molar-refractivity contribution in [1.29, 1.82) is 0 Å². The van der Waals surface area contributed by atoms with E-state index < -0.39 is 0 Å². The number of nitrogens with zero attached hydrogens (tertiary/aromatic N) is 1. The van der Waals surface area contributed by atoms with Crippen molar-refractivity contribution in [1.82, 2.24) is 4.98 Å². The Kier molecular flexibility index (Phi) is 2.64. The molecule has 17 heavy (non-hydrogen) atoms. The highest BCUT2D eigenvalue weighted by atomic mass is 79.9. The number of thiazole rings is 1. The second-order valence-electron chi connectivity index (χ2n) is 5.19. The van der Waals surface area contributed by atoms with Crippen LogP contribution in [0.1, 0.15) is 30.8 Å². The van der Waals surface area contributed by atoms with Gasteiger partial charge in [-0.1, -0.05) is 41.9 Å². The normalized spacial score (nSPS) is 17.1. The molecule has 0 saturated heterocycles. The Hall–Kier alpha value is -0.670. The quantitative estimate of drug-likeness (QED) is 0.737. The fourth-order valence-electron chi connectivity index (χ4n) is 2.34. The molecule has 0 radical (unpaired) electrons. The number of aryl methyl sites for hydroxylation is 1. The van der Waals surface area contributed by atoms with Gasteiger partial charge >= 0.3 is 0 Å². The standard InChI is InChI=1S/C14H14BrNS/c1-14(2)7-6-11-12(14)16-13(17-11)9-4-3-5-10(15)8-9/h3-5,8H,6-7H2,1-2H3. The molecule has 1 aromatic carbocycles. The van der Waals surface area contributed by atoms with E-state index in [0.717, 1.165) is 9.48 Å². The lowest BCUT2D eigenvalue weighted by atomic mass is 9.91. The second-order valence-corrected chi connectivity index (χ2v) is 7.18. The average molecular weight is 308 g/mol. The summed E-state index contributed by atoms with van der Waals surface area (Å²) in [4.78, 5) is 6.33. The second kappa shape index (κ2) is 3.92. The van der Waals surface area contributed by atoms with Crippen molar-refractivity contribution >= 4 is 27.3 Å². The molecule has 0 N–H and O–H groups in total. The van der Waals surface area contributed by atoms with Crippen molar-refractivity contribution in [2.24, 2.45) is 0 Å². The molecule has 1 heterocycles. The van der Waals surface area contributed by atoms with Crippen LogP contribution >= 0.6 is 27.3 Å². The smallest absolute Gasteiger partial charge is 0.123 e. The van der Waals surface area contributed by atoms with Gasteiger partial charge in [-0.25, -0.2) is 4.98 Å². The molecule has 1 aliphatic rings. The maximum Gasteiger partial charge on any atom is 0.123 e. The Labute approximate surface area is 114 Å². The van der Waals surface area contributed by atoms with Crippen molar-refractivity contribution < 1.29 is 0 Å². The van der Waals surface area contributed by atoms with Crippen molar-refractivity contribution in [3.63, 3.8) is 0 Å². The summed E-state index contributed by atoms with van der Waals surface area (Å²) in [6.45, 7) is 4.59. The van der Waals surface area contributed by atoms with Crippen LogP contribution in [0.4, 0.5) is 0 Å². The highest BCUT2D eigenvalue weighted by molar-refractivity contribution is 9.10. The third-order valence-electron chi connectivity index (χ3n) is 3.39. The average Bonchev–Trinajstić information content (AvgIpc) is 2.81. The van der Waals surface area contributed by atoms with Crippen LogP contribution in [0.3, 0.4) is 0 Å².